The van der Waals surface area contributed by atoms with Gasteiger partial charge in [-0.2, -0.15) is 10.5 Å². The zero-order chi connectivity index (χ0) is 16.5. The van der Waals surface area contributed by atoms with E-state index < -0.39 is 11.8 Å². The Hall–Kier alpha value is -3.12. The maximum atomic E-state index is 11.9. The van der Waals surface area contributed by atoms with Gasteiger partial charge in [-0.05, 0) is 31.2 Å². The van der Waals surface area contributed by atoms with Gasteiger partial charge in [0.2, 0.25) is 0 Å². The van der Waals surface area contributed by atoms with Gasteiger partial charge in [0.15, 0.2) is 5.78 Å². The van der Waals surface area contributed by atoms with Gasteiger partial charge in [0, 0.05) is 5.56 Å². The van der Waals surface area contributed by atoms with Crippen molar-refractivity contribution in [2.24, 2.45) is 0 Å². The molecule has 0 aliphatic heterocycles. The first kappa shape index (κ1) is 16.9. The third kappa shape index (κ3) is 4.46. The van der Waals surface area contributed by atoms with Crippen LogP contribution in [0.5, 0.6) is 5.75 Å². The van der Waals surface area contributed by atoms with Crippen molar-refractivity contribution < 1.29 is 19.1 Å². The summed E-state index contributed by atoms with van der Waals surface area (Å²) >= 11 is 0. The minimum atomic E-state index is -0.797. The number of methoxy groups -OCH3 is 1. The molecule has 0 aliphatic rings. The number of nitrogens with zero attached hydrogens (tertiary/aromatic N) is 2. The van der Waals surface area contributed by atoms with Crippen LogP contribution in [0, 0.1) is 22.7 Å². The Morgan fingerprint density at radius 2 is 2.05 bits per heavy atom. The van der Waals surface area contributed by atoms with Gasteiger partial charge in [-0.3, -0.25) is 4.79 Å². The average Bonchev–Trinajstić information content (AvgIpc) is 2.52. The molecule has 6 nitrogen and oxygen atoms in total. The van der Waals surface area contributed by atoms with E-state index in [4.69, 9.17) is 20.0 Å². The molecule has 0 aliphatic carbocycles. The summed E-state index contributed by atoms with van der Waals surface area (Å²) in [5, 5.41) is 17.3. The maximum absolute atomic E-state index is 11.9. The van der Waals surface area contributed by atoms with E-state index in [1.807, 2.05) is 12.1 Å². The standard InChI is InChI=1S/C16H14N2O4/c1-11(19)14(16(20)22-7-3-6-17)9-13-5-4-12(10-18)8-15(13)21-2/h4-5,8-9H,3,7H2,1-2H3/b14-9-. The van der Waals surface area contributed by atoms with E-state index in [0.717, 1.165) is 0 Å². The summed E-state index contributed by atoms with van der Waals surface area (Å²) in [6.07, 6.45) is 1.40. The fourth-order valence-electron chi connectivity index (χ4n) is 1.63. The first-order valence-electron chi connectivity index (χ1n) is 6.38. The zero-order valence-corrected chi connectivity index (χ0v) is 12.3. The Morgan fingerprint density at radius 3 is 2.59 bits per heavy atom. The number of ketones is 1. The van der Waals surface area contributed by atoms with Gasteiger partial charge in [0.25, 0.3) is 0 Å². The van der Waals surface area contributed by atoms with Crippen molar-refractivity contribution >= 4 is 17.8 Å². The molecule has 0 saturated heterocycles. The molecule has 1 rings (SSSR count). The van der Waals surface area contributed by atoms with Crippen molar-refractivity contribution in [3.05, 3.63) is 34.9 Å². The molecular weight excluding hydrogens is 284 g/mol. The monoisotopic (exact) mass is 298 g/mol. The first-order chi connectivity index (χ1) is 10.5. The van der Waals surface area contributed by atoms with Crippen molar-refractivity contribution in [2.75, 3.05) is 13.7 Å². The molecule has 1 aromatic carbocycles. The van der Waals surface area contributed by atoms with Crippen LogP contribution in [0.15, 0.2) is 23.8 Å². The number of benzene rings is 1. The van der Waals surface area contributed by atoms with Gasteiger partial charge >= 0.3 is 5.97 Å². The van der Waals surface area contributed by atoms with Gasteiger partial charge < -0.3 is 9.47 Å². The lowest BCUT2D eigenvalue weighted by atomic mass is 10.1. The Kier molecular flexibility index (Phi) is 6.33. The third-order valence-electron chi connectivity index (χ3n) is 2.71. The predicted octanol–water partition coefficient (Wildman–Crippen LogP) is 2.00. The molecule has 0 saturated carbocycles. The number of nitriles is 2. The molecule has 0 unspecified atom stereocenters. The molecule has 0 spiro atoms. The fraction of sp³-hybridized carbons (Fsp3) is 0.250. The molecule has 112 valence electrons. The van der Waals surface area contributed by atoms with Crippen molar-refractivity contribution in [3.63, 3.8) is 0 Å². The summed E-state index contributed by atoms with van der Waals surface area (Å²) in [7, 11) is 1.42. The normalized spacial score (nSPS) is 10.3. The lowest BCUT2D eigenvalue weighted by Crippen LogP contribution is -2.14. The molecule has 0 atom stereocenters. The topological polar surface area (TPSA) is 100 Å². The Balaban J connectivity index is 3.14. The van der Waals surface area contributed by atoms with Crippen LogP contribution in [0.4, 0.5) is 0 Å². The first-order valence-corrected chi connectivity index (χ1v) is 6.38. The smallest absolute Gasteiger partial charge is 0.341 e. The molecule has 0 N–H and O–H groups in total. The molecule has 0 aromatic heterocycles. The van der Waals surface area contributed by atoms with Crippen LogP contribution in [0.3, 0.4) is 0 Å². The van der Waals surface area contributed by atoms with E-state index >= 15 is 0 Å². The second-order valence-corrected chi connectivity index (χ2v) is 4.23. The van der Waals surface area contributed by atoms with Crippen LogP contribution in [0.25, 0.3) is 6.08 Å². The summed E-state index contributed by atoms with van der Waals surface area (Å²) in [5.74, 6) is -0.898. The van der Waals surface area contributed by atoms with Crippen LogP contribution in [-0.4, -0.2) is 25.5 Å². The van der Waals surface area contributed by atoms with Crippen LogP contribution in [-0.2, 0) is 14.3 Å². The summed E-state index contributed by atoms with van der Waals surface area (Å²) in [4.78, 5) is 23.5. The van der Waals surface area contributed by atoms with Crippen molar-refractivity contribution in [2.45, 2.75) is 13.3 Å². The molecule has 1 aromatic rings. The molecule has 0 radical (unpaired) electrons. The second-order valence-electron chi connectivity index (χ2n) is 4.23. The Morgan fingerprint density at radius 1 is 1.32 bits per heavy atom. The molecular formula is C16H14N2O4. The SMILES string of the molecule is COc1cc(C#N)ccc1/C=C(/C(C)=O)C(=O)OCCC#N. The van der Waals surface area contributed by atoms with Crippen LogP contribution >= 0.6 is 0 Å². The molecule has 22 heavy (non-hydrogen) atoms. The van der Waals surface area contributed by atoms with Crippen molar-refractivity contribution in [1.29, 1.82) is 10.5 Å². The van der Waals surface area contributed by atoms with Gasteiger partial charge in [-0.1, -0.05) is 0 Å². The minimum absolute atomic E-state index is 0.0527. The van der Waals surface area contributed by atoms with E-state index in [0.29, 0.717) is 16.9 Å². The largest absolute Gasteiger partial charge is 0.496 e. The van der Waals surface area contributed by atoms with Crippen molar-refractivity contribution in [3.8, 4) is 17.9 Å². The quantitative estimate of drug-likeness (QED) is 0.262. The predicted molar refractivity (Wildman–Crippen MR) is 77.6 cm³/mol. The van der Waals surface area contributed by atoms with E-state index in [1.54, 1.807) is 12.1 Å². The van der Waals surface area contributed by atoms with Crippen molar-refractivity contribution in [1.82, 2.24) is 0 Å². The number of Topliss-reactive ketones (excluding diaryl/α,β-unsaturated/α-hetero) is 1. The number of rotatable bonds is 6. The molecule has 6 heteroatoms. The van der Waals surface area contributed by atoms with Crippen LogP contribution in [0.1, 0.15) is 24.5 Å². The second kappa shape index (κ2) is 8.23. The summed E-state index contributed by atoms with van der Waals surface area (Å²) < 4.78 is 10.00. The van der Waals surface area contributed by atoms with Gasteiger partial charge in [-0.25, -0.2) is 4.79 Å². The number of hydrogen-bond acceptors (Lipinski definition) is 6. The summed E-state index contributed by atoms with van der Waals surface area (Å²) in [6, 6.07) is 8.44. The minimum Gasteiger partial charge on any atom is -0.496 e. The highest BCUT2D eigenvalue weighted by Crippen LogP contribution is 2.23. The molecule has 0 heterocycles. The molecule has 0 bridgehead atoms. The third-order valence-corrected chi connectivity index (χ3v) is 2.71. The number of hydrogen-bond donors (Lipinski definition) is 0. The van der Waals surface area contributed by atoms with E-state index in [9.17, 15) is 9.59 Å². The van der Waals surface area contributed by atoms with Crippen LogP contribution < -0.4 is 4.74 Å². The van der Waals surface area contributed by atoms with E-state index in [2.05, 4.69) is 0 Å². The lowest BCUT2D eigenvalue weighted by Gasteiger charge is -2.08. The number of carbonyl (C=O) groups is 2. The molecule has 0 fully saturated rings. The van der Waals surface area contributed by atoms with E-state index in [-0.39, 0.29) is 18.6 Å². The number of carbonyl (C=O) groups excluding carboxylic acids is 2. The van der Waals surface area contributed by atoms with Gasteiger partial charge in [0.05, 0.1) is 31.2 Å². The average molecular weight is 298 g/mol. The lowest BCUT2D eigenvalue weighted by molar-refractivity contribution is -0.140. The Bertz CT molecular complexity index is 693. The number of esters is 1. The van der Waals surface area contributed by atoms with Gasteiger partial charge in [-0.15, -0.1) is 0 Å². The highest BCUT2D eigenvalue weighted by molar-refractivity contribution is 6.19. The summed E-state index contributed by atoms with van der Waals surface area (Å²) in [6.45, 7) is 1.16. The highest BCUT2D eigenvalue weighted by Gasteiger charge is 2.17. The van der Waals surface area contributed by atoms with Crippen LogP contribution in [0.2, 0.25) is 0 Å². The van der Waals surface area contributed by atoms with Gasteiger partial charge in [0.1, 0.15) is 17.9 Å². The molecule has 0 amide bonds. The van der Waals surface area contributed by atoms with E-state index in [1.165, 1.54) is 26.2 Å². The zero-order valence-electron chi connectivity index (χ0n) is 12.3. The highest BCUT2D eigenvalue weighted by atomic mass is 16.5. The summed E-state index contributed by atoms with van der Waals surface area (Å²) in [5.41, 5.74) is 0.722. The Labute approximate surface area is 128 Å². The number of ether oxygens (including phenoxy) is 2. The fourth-order valence-corrected chi connectivity index (χ4v) is 1.63. The maximum Gasteiger partial charge on any atom is 0.341 e.